The molecule has 1 saturated heterocycles. The summed E-state index contributed by atoms with van der Waals surface area (Å²) >= 11 is 6.13. The number of carbonyl (C=O) groups excluding carboxylic acids is 1. The van der Waals surface area contributed by atoms with Crippen LogP contribution in [-0.2, 0) is 0 Å². The van der Waals surface area contributed by atoms with Gasteiger partial charge in [-0.15, -0.1) is 12.4 Å². The smallest absolute Gasteiger partial charge is 0.257 e. The summed E-state index contributed by atoms with van der Waals surface area (Å²) in [5, 5.41) is 3.85. The zero-order valence-electron chi connectivity index (χ0n) is 14.1. The van der Waals surface area contributed by atoms with E-state index in [1.807, 2.05) is 18.0 Å². The van der Waals surface area contributed by atoms with Gasteiger partial charge in [0.25, 0.3) is 5.91 Å². The second kappa shape index (κ2) is 8.93. The van der Waals surface area contributed by atoms with Crippen molar-refractivity contribution in [3.63, 3.8) is 0 Å². The molecule has 1 aromatic rings. The lowest BCUT2D eigenvalue weighted by Crippen LogP contribution is -2.47. The van der Waals surface area contributed by atoms with Crippen LogP contribution in [0.5, 0.6) is 5.75 Å². The third-order valence-electron chi connectivity index (χ3n) is 4.88. The molecule has 3 rings (SSSR count). The molecule has 2 fully saturated rings. The Morgan fingerprint density at radius 3 is 2.71 bits per heavy atom. The summed E-state index contributed by atoms with van der Waals surface area (Å²) in [5.41, 5.74) is 0.598. The van der Waals surface area contributed by atoms with E-state index < -0.39 is 0 Å². The molecule has 0 aromatic heterocycles. The number of hydrogen-bond acceptors (Lipinski definition) is 3. The minimum absolute atomic E-state index is 0. The van der Waals surface area contributed by atoms with Crippen LogP contribution >= 0.6 is 24.0 Å². The van der Waals surface area contributed by atoms with E-state index in [1.54, 1.807) is 12.1 Å². The molecule has 1 N–H and O–H groups in total. The third-order valence-corrected chi connectivity index (χ3v) is 5.12. The number of piperidine rings is 1. The predicted octanol–water partition coefficient (Wildman–Crippen LogP) is 3.91. The highest BCUT2D eigenvalue weighted by Crippen LogP contribution is 2.30. The highest BCUT2D eigenvalue weighted by Gasteiger charge is 2.27. The molecule has 1 unspecified atom stereocenters. The third kappa shape index (κ3) is 4.56. The fourth-order valence-corrected chi connectivity index (χ4v) is 3.70. The number of amides is 1. The van der Waals surface area contributed by atoms with Crippen molar-refractivity contribution < 1.29 is 9.53 Å². The molecule has 0 bridgehead atoms. The number of carbonyl (C=O) groups is 1. The van der Waals surface area contributed by atoms with Crippen LogP contribution in [-0.4, -0.2) is 43.1 Å². The van der Waals surface area contributed by atoms with Gasteiger partial charge in [0, 0.05) is 24.2 Å². The summed E-state index contributed by atoms with van der Waals surface area (Å²) in [6.07, 6.45) is 6.92. The molecule has 1 aliphatic carbocycles. The zero-order chi connectivity index (χ0) is 16.2. The molecule has 134 valence electrons. The summed E-state index contributed by atoms with van der Waals surface area (Å²) in [5.74, 6) is 0.707. The van der Waals surface area contributed by atoms with Gasteiger partial charge in [-0.3, -0.25) is 4.79 Å². The van der Waals surface area contributed by atoms with Crippen molar-refractivity contribution in [1.82, 2.24) is 10.2 Å². The first kappa shape index (κ1) is 19.4. The van der Waals surface area contributed by atoms with Crippen molar-refractivity contribution in [2.45, 2.75) is 50.7 Å². The Labute approximate surface area is 155 Å². The molecule has 24 heavy (non-hydrogen) atoms. The lowest BCUT2D eigenvalue weighted by atomic mass is 10.0. The van der Waals surface area contributed by atoms with Crippen LogP contribution in [0.25, 0.3) is 0 Å². The van der Waals surface area contributed by atoms with Gasteiger partial charge in [0.1, 0.15) is 5.75 Å². The molecule has 4 nitrogen and oxygen atoms in total. The van der Waals surface area contributed by atoms with Gasteiger partial charge in [0.05, 0.1) is 11.7 Å². The number of rotatable bonds is 4. The molecule has 1 amide bonds. The highest BCUT2D eigenvalue weighted by molar-refractivity contribution is 6.31. The monoisotopic (exact) mass is 372 g/mol. The first-order chi connectivity index (χ1) is 11.2. The number of likely N-dealkylation sites (tertiary alicyclic amines) is 1. The van der Waals surface area contributed by atoms with Gasteiger partial charge < -0.3 is 15.0 Å². The highest BCUT2D eigenvalue weighted by atomic mass is 35.5. The standard InChI is InChI=1S/C18H25ClN2O2.ClH/c1-20-14-5-4-10-21(12-14)18(22)16-11-13(19)8-9-17(16)23-15-6-2-3-7-15;/h8-9,11,14-15,20H,2-7,10,12H2,1H3;1H. The van der Waals surface area contributed by atoms with Gasteiger partial charge >= 0.3 is 0 Å². The maximum absolute atomic E-state index is 13.0. The number of hydrogen-bond donors (Lipinski definition) is 1. The summed E-state index contributed by atoms with van der Waals surface area (Å²) in [6.45, 7) is 1.54. The molecule has 1 heterocycles. The van der Waals surface area contributed by atoms with Crippen molar-refractivity contribution >= 4 is 29.9 Å². The van der Waals surface area contributed by atoms with E-state index in [4.69, 9.17) is 16.3 Å². The summed E-state index contributed by atoms with van der Waals surface area (Å²) in [4.78, 5) is 14.9. The minimum Gasteiger partial charge on any atom is -0.490 e. The molecule has 2 aliphatic rings. The average molecular weight is 373 g/mol. The van der Waals surface area contributed by atoms with Crippen LogP contribution in [0.1, 0.15) is 48.9 Å². The maximum atomic E-state index is 13.0. The van der Waals surface area contributed by atoms with Gasteiger partial charge in [-0.05, 0) is 63.8 Å². The molecule has 0 spiro atoms. The quantitative estimate of drug-likeness (QED) is 0.870. The molecule has 1 atom stereocenters. The number of nitrogens with zero attached hydrogens (tertiary/aromatic N) is 1. The molecule has 1 saturated carbocycles. The van der Waals surface area contributed by atoms with E-state index in [1.165, 1.54) is 12.8 Å². The van der Waals surface area contributed by atoms with Crippen LogP contribution in [0.15, 0.2) is 18.2 Å². The van der Waals surface area contributed by atoms with Gasteiger partial charge in [-0.2, -0.15) is 0 Å². The SMILES string of the molecule is CNC1CCCN(C(=O)c2cc(Cl)ccc2OC2CCCC2)C1.Cl. The van der Waals surface area contributed by atoms with E-state index in [-0.39, 0.29) is 24.4 Å². The number of likely N-dealkylation sites (N-methyl/N-ethyl adjacent to an activating group) is 1. The normalized spacial score (nSPS) is 21.4. The molecular formula is C18H26Cl2N2O2. The van der Waals surface area contributed by atoms with E-state index in [0.717, 1.165) is 38.8 Å². The average Bonchev–Trinajstić information content (AvgIpc) is 3.09. The Hall–Kier alpha value is -0.970. The zero-order valence-corrected chi connectivity index (χ0v) is 15.7. The van der Waals surface area contributed by atoms with Crippen LogP contribution in [0.4, 0.5) is 0 Å². The fourth-order valence-electron chi connectivity index (χ4n) is 3.53. The van der Waals surface area contributed by atoms with Crippen molar-refractivity contribution in [3.8, 4) is 5.75 Å². The molecule has 1 aliphatic heterocycles. The van der Waals surface area contributed by atoms with Gasteiger partial charge in [-0.1, -0.05) is 11.6 Å². The Morgan fingerprint density at radius 1 is 1.25 bits per heavy atom. The number of nitrogens with one attached hydrogen (secondary N) is 1. The first-order valence-corrected chi connectivity index (χ1v) is 8.98. The number of ether oxygens (including phenoxy) is 1. The fraction of sp³-hybridized carbons (Fsp3) is 0.611. The second-order valence-electron chi connectivity index (χ2n) is 6.54. The molecule has 0 radical (unpaired) electrons. The summed E-state index contributed by atoms with van der Waals surface area (Å²) in [6, 6.07) is 5.76. The van der Waals surface area contributed by atoms with Crippen LogP contribution < -0.4 is 10.1 Å². The number of benzene rings is 1. The Bertz CT molecular complexity index is 562. The van der Waals surface area contributed by atoms with Crippen molar-refractivity contribution in [1.29, 1.82) is 0 Å². The van der Waals surface area contributed by atoms with E-state index >= 15 is 0 Å². The number of halogens is 2. The largest absolute Gasteiger partial charge is 0.490 e. The van der Waals surface area contributed by atoms with Gasteiger partial charge in [0.15, 0.2) is 0 Å². The van der Waals surface area contributed by atoms with Crippen molar-refractivity contribution in [2.75, 3.05) is 20.1 Å². The maximum Gasteiger partial charge on any atom is 0.257 e. The predicted molar refractivity (Wildman–Crippen MR) is 99.6 cm³/mol. The van der Waals surface area contributed by atoms with Crippen LogP contribution in [0.2, 0.25) is 5.02 Å². The Balaban J connectivity index is 0.00000208. The van der Waals surface area contributed by atoms with E-state index in [9.17, 15) is 4.79 Å². The summed E-state index contributed by atoms with van der Waals surface area (Å²) in [7, 11) is 1.95. The Morgan fingerprint density at radius 2 is 2.00 bits per heavy atom. The lowest BCUT2D eigenvalue weighted by Gasteiger charge is -2.33. The van der Waals surface area contributed by atoms with Crippen LogP contribution in [0, 0.1) is 0 Å². The van der Waals surface area contributed by atoms with Gasteiger partial charge in [-0.25, -0.2) is 0 Å². The van der Waals surface area contributed by atoms with Crippen molar-refractivity contribution in [3.05, 3.63) is 28.8 Å². The molecule has 1 aromatic carbocycles. The summed E-state index contributed by atoms with van der Waals surface area (Å²) < 4.78 is 6.10. The van der Waals surface area contributed by atoms with Gasteiger partial charge in [0.2, 0.25) is 0 Å². The molecule has 6 heteroatoms. The van der Waals surface area contributed by atoms with Crippen LogP contribution in [0.3, 0.4) is 0 Å². The van der Waals surface area contributed by atoms with Crippen molar-refractivity contribution in [2.24, 2.45) is 0 Å². The topological polar surface area (TPSA) is 41.6 Å². The lowest BCUT2D eigenvalue weighted by molar-refractivity contribution is 0.0691. The Kier molecular flexibility index (Phi) is 7.20. The second-order valence-corrected chi connectivity index (χ2v) is 6.98. The minimum atomic E-state index is 0. The van der Waals surface area contributed by atoms with E-state index in [0.29, 0.717) is 22.4 Å². The molecular weight excluding hydrogens is 347 g/mol. The van der Waals surface area contributed by atoms with E-state index in [2.05, 4.69) is 5.32 Å². The first-order valence-electron chi connectivity index (χ1n) is 8.60.